The average Bonchev–Trinajstić information content (AvgIpc) is 2.52. The molecule has 0 aromatic heterocycles. The highest BCUT2D eigenvalue weighted by Gasteiger charge is 2.39. The van der Waals surface area contributed by atoms with Crippen molar-refractivity contribution in [3.63, 3.8) is 0 Å². The molecule has 118 valence electrons. The number of hydrogen-bond acceptors (Lipinski definition) is 2. The third kappa shape index (κ3) is 3.29. The second kappa shape index (κ2) is 6.89. The fourth-order valence-corrected chi connectivity index (χ4v) is 3.74. The molecule has 2 atom stereocenters. The minimum Gasteiger partial charge on any atom is -0.311 e. The Hall–Kier alpha value is -0.930. The molecule has 0 saturated carbocycles. The van der Waals surface area contributed by atoms with Gasteiger partial charge in [0.2, 0.25) is 0 Å². The van der Waals surface area contributed by atoms with E-state index in [0.717, 1.165) is 30.6 Å². The molecule has 1 heterocycles. The number of hydrogen-bond donors (Lipinski definition) is 1. The molecule has 1 N–H and O–H groups in total. The van der Waals surface area contributed by atoms with E-state index in [1.54, 1.807) is 12.1 Å². The van der Waals surface area contributed by atoms with Crippen molar-refractivity contribution in [1.82, 2.24) is 10.2 Å². The Morgan fingerprint density at radius 3 is 2.52 bits per heavy atom. The monoisotopic (exact) mass is 292 g/mol. The molecular weight excluding hydrogens is 263 g/mol. The number of likely N-dealkylation sites (N-methyl/N-ethyl adjacent to an activating group) is 1. The van der Waals surface area contributed by atoms with Gasteiger partial charge in [-0.15, -0.1) is 0 Å². The van der Waals surface area contributed by atoms with Crippen molar-refractivity contribution >= 4 is 0 Å². The van der Waals surface area contributed by atoms with Crippen molar-refractivity contribution in [2.24, 2.45) is 0 Å². The summed E-state index contributed by atoms with van der Waals surface area (Å²) in [5.41, 5.74) is 2.27. The molecule has 3 heteroatoms. The highest BCUT2D eigenvalue weighted by atomic mass is 19.1. The van der Waals surface area contributed by atoms with E-state index in [1.165, 1.54) is 19.3 Å². The van der Waals surface area contributed by atoms with Gasteiger partial charge < -0.3 is 5.32 Å². The van der Waals surface area contributed by atoms with Gasteiger partial charge in [-0.2, -0.15) is 0 Å². The first-order valence-corrected chi connectivity index (χ1v) is 8.21. The summed E-state index contributed by atoms with van der Waals surface area (Å²) in [6.07, 6.45) is 4.93. The maximum absolute atomic E-state index is 13.7. The van der Waals surface area contributed by atoms with Gasteiger partial charge in [-0.25, -0.2) is 4.39 Å². The second-order valence-electron chi connectivity index (χ2n) is 6.48. The van der Waals surface area contributed by atoms with E-state index in [1.807, 2.05) is 13.1 Å². The van der Waals surface area contributed by atoms with Crippen LogP contribution in [0.1, 0.15) is 56.7 Å². The average molecular weight is 292 g/mol. The molecule has 2 unspecified atom stereocenters. The molecule has 0 aliphatic carbocycles. The van der Waals surface area contributed by atoms with Crippen LogP contribution in [0.4, 0.5) is 4.39 Å². The van der Waals surface area contributed by atoms with E-state index in [4.69, 9.17) is 0 Å². The molecule has 1 fully saturated rings. The first-order valence-electron chi connectivity index (χ1n) is 8.21. The molecule has 1 saturated heterocycles. The van der Waals surface area contributed by atoms with Crippen molar-refractivity contribution in [3.05, 3.63) is 35.1 Å². The van der Waals surface area contributed by atoms with Crippen molar-refractivity contribution in [1.29, 1.82) is 0 Å². The predicted molar refractivity (Wildman–Crippen MR) is 87.1 cm³/mol. The van der Waals surface area contributed by atoms with Crippen LogP contribution in [0.2, 0.25) is 0 Å². The van der Waals surface area contributed by atoms with E-state index in [2.05, 4.69) is 31.0 Å². The van der Waals surface area contributed by atoms with Crippen molar-refractivity contribution < 1.29 is 4.39 Å². The maximum atomic E-state index is 13.7. The standard InChI is InChI=1S/C18H29FN2/c1-5-18(3,21-11-7-6-8-12-21)17(20-4)16-13-15(19)10-9-14(16)2/h9-10,13,17,20H,5-8,11-12H2,1-4H3. The normalized spacial score (nSPS) is 21.0. The zero-order chi connectivity index (χ0) is 15.5. The smallest absolute Gasteiger partial charge is 0.123 e. The van der Waals surface area contributed by atoms with Crippen LogP contribution in [0.3, 0.4) is 0 Å². The first kappa shape index (κ1) is 16.4. The Morgan fingerprint density at radius 2 is 1.95 bits per heavy atom. The van der Waals surface area contributed by atoms with Crippen LogP contribution in [0, 0.1) is 12.7 Å². The first-order chi connectivity index (χ1) is 10.0. The Balaban J connectivity index is 2.38. The number of piperidine rings is 1. The molecule has 0 spiro atoms. The van der Waals surface area contributed by atoms with Crippen LogP contribution < -0.4 is 5.32 Å². The van der Waals surface area contributed by atoms with Gasteiger partial charge in [0.05, 0.1) is 6.04 Å². The largest absolute Gasteiger partial charge is 0.311 e. The number of halogens is 1. The number of nitrogens with zero attached hydrogens (tertiary/aromatic N) is 1. The van der Waals surface area contributed by atoms with Gasteiger partial charge in [0.1, 0.15) is 5.82 Å². The topological polar surface area (TPSA) is 15.3 Å². The van der Waals surface area contributed by atoms with Crippen molar-refractivity contribution in [2.75, 3.05) is 20.1 Å². The summed E-state index contributed by atoms with van der Waals surface area (Å²) in [4.78, 5) is 2.60. The van der Waals surface area contributed by atoms with Gasteiger partial charge in [0, 0.05) is 5.54 Å². The van der Waals surface area contributed by atoms with Gasteiger partial charge >= 0.3 is 0 Å². The predicted octanol–water partition coefficient (Wildman–Crippen LogP) is 4.05. The molecule has 1 aliphatic heterocycles. The van der Waals surface area contributed by atoms with Crippen LogP contribution in [0.5, 0.6) is 0 Å². The Labute approximate surface area is 128 Å². The summed E-state index contributed by atoms with van der Waals surface area (Å²) in [5, 5.41) is 3.47. The fraction of sp³-hybridized carbons (Fsp3) is 0.667. The lowest BCUT2D eigenvalue weighted by molar-refractivity contribution is 0.0445. The Kier molecular flexibility index (Phi) is 5.39. The molecule has 0 radical (unpaired) electrons. The highest BCUT2D eigenvalue weighted by molar-refractivity contribution is 5.32. The van der Waals surface area contributed by atoms with Crippen LogP contribution in [-0.2, 0) is 0 Å². The summed E-state index contributed by atoms with van der Waals surface area (Å²) in [5.74, 6) is -0.145. The summed E-state index contributed by atoms with van der Waals surface area (Å²) in [6.45, 7) is 8.94. The number of likely N-dealkylation sites (tertiary alicyclic amines) is 1. The third-order valence-electron chi connectivity index (χ3n) is 5.26. The highest BCUT2D eigenvalue weighted by Crippen LogP contribution is 2.37. The van der Waals surface area contributed by atoms with Gasteiger partial charge in [-0.1, -0.05) is 19.4 Å². The van der Waals surface area contributed by atoms with Crippen LogP contribution in [0.25, 0.3) is 0 Å². The van der Waals surface area contributed by atoms with Crippen molar-refractivity contribution in [3.8, 4) is 0 Å². The molecule has 2 nitrogen and oxygen atoms in total. The Morgan fingerprint density at radius 1 is 1.29 bits per heavy atom. The molecule has 1 aromatic rings. The van der Waals surface area contributed by atoms with E-state index in [-0.39, 0.29) is 17.4 Å². The number of nitrogens with one attached hydrogen (secondary N) is 1. The van der Waals surface area contributed by atoms with Gasteiger partial charge in [-0.3, -0.25) is 4.90 Å². The van der Waals surface area contributed by atoms with E-state index >= 15 is 0 Å². The van der Waals surface area contributed by atoms with Gasteiger partial charge in [-0.05, 0) is 76.5 Å². The molecule has 21 heavy (non-hydrogen) atoms. The van der Waals surface area contributed by atoms with Gasteiger partial charge in [0.15, 0.2) is 0 Å². The van der Waals surface area contributed by atoms with Crippen molar-refractivity contribution in [2.45, 2.75) is 58.0 Å². The molecule has 2 rings (SSSR count). The second-order valence-corrected chi connectivity index (χ2v) is 6.48. The lowest BCUT2D eigenvalue weighted by atomic mass is 9.80. The van der Waals surface area contributed by atoms with Gasteiger partial charge in [0.25, 0.3) is 0 Å². The molecule has 1 aliphatic rings. The fourth-order valence-electron chi connectivity index (χ4n) is 3.74. The summed E-state index contributed by atoms with van der Waals surface area (Å²) in [7, 11) is 1.99. The Bertz CT molecular complexity index is 468. The third-order valence-corrected chi connectivity index (χ3v) is 5.26. The summed E-state index contributed by atoms with van der Waals surface area (Å²) < 4.78 is 13.7. The zero-order valence-electron chi connectivity index (χ0n) is 13.9. The number of rotatable bonds is 5. The molecule has 1 aromatic carbocycles. The van der Waals surface area contributed by atoms with E-state index < -0.39 is 0 Å². The number of benzene rings is 1. The molecule has 0 bridgehead atoms. The van der Waals surface area contributed by atoms with Crippen LogP contribution >= 0.6 is 0 Å². The summed E-state index contributed by atoms with van der Waals surface area (Å²) >= 11 is 0. The lowest BCUT2D eigenvalue weighted by Crippen LogP contribution is -2.55. The lowest BCUT2D eigenvalue weighted by Gasteiger charge is -2.48. The summed E-state index contributed by atoms with van der Waals surface area (Å²) in [6, 6.07) is 5.29. The zero-order valence-corrected chi connectivity index (χ0v) is 13.9. The number of aryl methyl sites for hydroxylation is 1. The van der Waals surface area contributed by atoms with E-state index in [9.17, 15) is 4.39 Å². The van der Waals surface area contributed by atoms with E-state index in [0.29, 0.717) is 0 Å². The maximum Gasteiger partial charge on any atom is 0.123 e. The minimum atomic E-state index is -0.145. The van der Waals surface area contributed by atoms with Crippen LogP contribution in [-0.4, -0.2) is 30.6 Å². The quantitative estimate of drug-likeness (QED) is 0.881. The van der Waals surface area contributed by atoms with Crippen LogP contribution in [0.15, 0.2) is 18.2 Å². The minimum absolute atomic E-state index is 0.0216. The molecule has 0 amide bonds. The SMILES string of the molecule is CCC(C)(C(NC)c1cc(F)ccc1C)N1CCCCC1. The molecular formula is C18H29FN2.